The molecule has 2 amide bonds. The topological polar surface area (TPSA) is 74.6 Å². The third-order valence-electron chi connectivity index (χ3n) is 6.38. The van der Waals surface area contributed by atoms with Gasteiger partial charge in [0.05, 0.1) is 17.8 Å². The number of hydrogen-bond acceptors (Lipinski definition) is 5. The highest BCUT2D eigenvalue weighted by atomic mass is 16.2. The lowest BCUT2D eigenvalue weighted by molar-refractivity contribution is -0.131. The minimum absolute atomic E-state index is 0.0402. The normalized spacial score (nSPS) is 16.8. The first-order chi connectivity index (χ1) is 16.2. The van der Waals surface area contributed by atoms with Crippen LogP contribution in [0.2, 0.25) is 0 Å². The first-order valence-corrected chi connectivity index (χ1v) is 11.5. The smallest absolute Gasteiger partial charge is 0.257 e. The van der Waals surface area contributed by atoms with Crippen molar-refractivity contribution in [1.82, 2.24) is 29.5 Å². The Hall–Kier alpha value is -3.52. The number of rotatable bonds is 5. The summed E-state index contributed by atoms with van der Waals surface area (Å²) in [6.07, 6.45) is 7.45. The number of pyridine rings is 1. The van der Waals surface area contributed by atoms with Crippen molar-refractivity contribution in [3.8, 4) is 16.9 Å². The second-order valence-corrected chi connectivity index (χ2v) is 8.57. The fourth-order valence-corrected chi connectivity index (χ4v) is 4.50. The molecule has 0 saturated carbocycles. The molecule has 0 spiro atoms. The third kappa shape index (κ3) is 4.66. The summed E-state index contributed by atoms with van der Waals surface area (Å²) >= 11 is 0. The van der Waals surface area contributed by atoms with Crippen molar-refractivity contribution in [3.05, 3.63) is 66.6 Å². The zero-order chi connectivity index (χ0) is 22.6. The van der Waals surface area contributed by atoms with Crippen molar-refractivity contribution in [2.75, 3.05) is 45.8 Å². The van der Waals surface area contributed by atoms with E-state index < -0.39 is 0 Å². The summed E-state index contributed by atoms with van der Waals surface area (Å²) in [5, 5.41) is 4.73. The van der Waals surface area contributed by atoms with E-state index in [0.29, 0.717) is 44.0 Å². The highest BCUT2D eigenvalue weighted by Crippen LogP contribution is 2.25. The number of piperazine rings is 1. The molecule has 2 aliphatic rings. The van der Waals surface area contributed by atoms with Gasteiger partial charge < -0.3 is 9.80 Å². The van der Waals surface area contributed by atoms with Crippen LogP contribution in [0.4, 0.5) is 0 Å². The maximum absolute atomic E-state index is 13.5. The third-order valence-corrected chi connectivity index (χ3v) is 6.38. The van der Waals surface area contributed by atoms with E-state index in [-0.39, 0.29) is 11.8 Å². The number of carbonyl (C=O) groups excluding carboxylic acids is 2. The average molecular weight is 445 g/mol. The quantitative estimate of drug-likeness (QED) is 0.604. The van der Waals surface area contributed by atoms with Crippen molar-refractivity contribution in [3.63, 3.8) is 0 Å². The van der Waals surface area contributed by atoms with Crippen LogP contribution in [-0.4, -0.2) is 87.1 Å². The molecule has 0 bridgehead atoms. The lowest BCUT2D eigenvalue weighted by Gasteiger charge is -2.35. The van der Waals surface area contributed by atoms with Crippen LogP contribution in [-0.2, 0) is 4.79 Å². The van der Waals surface area contributed by atoms with Crippen molar-refractivity contribution in [1.29, 1.82) is 0 Å². The van der Waals surface area contributed by atoms with E-state index in [1.807, 2.05) is 58.5 Å². The fraction of sp³-hybridized carbons (Fsp3) is 0.360. The van der Waals surface area contributed by atoms with Crippen LogP contribution in [0.1, 0.15) is 23.2 Å². The molecule has 2 saturated heterocycles. The first-order valence-electron chi connectivity index (χ1n) is 11.5. The number of amides is 2. The van der Waals surface area contributed by atoms with Crippen molar-refractivity contribution >= 4 is 11.8 Å². The molecule has 2 aromatic heterocycles. The van der Waals surface area contributed by atoms with Crippen LogP contribution in [0.25, 0.3) is 16.9 Å². The minimum Gasteiger partial charge on any atom is -0.342 e. The Kier molecular flexibility index (Phi) is 6.17. The van der Waals surface area contributed by atoms with Gasteiger partial charge in [-0.2, -0.15) is 5.10 Å². The lowest BCUT2D eigenvalue weighted by atomic mass is 10.1. The van der Waals surface area contributed by atoms with E-state index in [1.165, 1.54) is 0 Å². The summed E-state index contributed by atoms with van der Waals surface area (Å²) in [5.74, 6) is 0.164. The molecule has 4 heterocycles. The molecule has 2 aliphatic heterocycles. The number of benzene rings is 1. The number of nitrogens with zero attached hydrogens (tertiary/aromatic N) is 6. The highest BCUT2D eigenvalue weighted by molar-refractivity contribution is 6.00. The summed E-state index contributed by atoms with van der Waals surface area (Å²) in [5.41, 5.74) is 2.90. The Balaban J connectivity index is 1.32. The monoisotopic (exact) mass is 444 g/mol. The Morgan fingerprint density at radius 1 is 0.848 bits per heavy atom. The fourth-order valence-electron chi connectivity index (χ4n) is 4.50. The van der Waals surface area contributed by atoms with Gasteiger partial charge in [-0.05, 0) is 37.1 Å². The molecule has 5 rings (SSSR count). The molecular weight excluding hydrogens is 416 g/mol. The molecule has 8 heteroatoms. The zero-order valence-electron chi connectivity index (χ0n) is 18.6. The number of para-hydroxylation sites is 1. The molecule has 33 heavy (non-hydrogen) atoms. The Morgan fingerprint density at radius 3 is 2.30 bits per heavy atom. The molecule has 2 fully saturated rings. The highest BCUT2D eigenvalue weighted by Gasteiger charge is 2.28. The number of hydrogen-bond donors (Lipinski definition) is 0. The molecule has 0 atom stereocenters. The van der Waals surface area contributed by atoms with Gasteiger partial charge in [-0.1, -0.05) is 18.2 Å². The summed E-state index contributed by atoms with van der Waals surface area (Å²) in [4.78, 5) is 36.2. The Bertz CT molecular complexity index is 1100. The maximum atomic E-state index is 13.5. The van der Waals surface area contributed by atoms with E-state index in [2.05, 4.69) is 9.88 Å². The van der Waals surface area contributed by atoms with Gasteiger partial charge in [0.25, 0.3) is 5.91 Å². The van der Waals surface area contributed by atoms with Gasteiger partial charge in [0.2, 0.25) is 5.91 Å². The van der Waals surface area contributed by atoms with Gasteiger partial charge in [-0.25, -0.2) is 4.68 Å². The van der Waals surface area contributed by atoms with Gasteiger partial charge in [-0.3, -0.25) is 19.5 Å². The predicted molar refractivity (Wildman–Crippen MR) is 125 cm³/mol. The Morgan fingerprint density at radius 2 is 1.61 bits per heavy atom. The second-order valence-electron chi connectivity index (χ2n) is 8.57. The first kappa shape index (κ1) is 21.3. The van der Waals surface area contributed by atoms with Gasteiger partial charge >= 0.3 is 0 Å². The summed E-state index contributed by atoms with van der Waals surface area (Å²) in [6, 6.07) is 13.5. The van der Waals surface area contributed by atoms with Crippen LogP contribution < -0.4 is 0 Å². The standard InChI is InChI=1S/C25H28N6O2/c32-23(29-11-4-5-12-29)19-28-13-15-30(16-14-28)25(33)22-18-31(21-8-2-1-3-9-21)27-24(22)20-7-6-10-26-17-20/h1-3,6-10,17-18H,4-5,11-16,19H2. The van der Waals surface area contributed by atoms with Crippen molar-refractivity contribution in [2.24, 2.45) is 0 Å². The van der Waals surface area contributed by atoms with E-state index in [9.17, 15) is 9.59 Å². The van der Waals surface area contributed by atoms with Crippen LogP contribution in [0.5, 0.6) is 0 Å². The molecule has 0 aliphatic carbocycles. The predicted octanol–water partition coefficient (Wildman–Crippen LogP) is 2.31. The van der Waals surface area contributed by atoms with Gasteiger partial charge in [0, 0.05) is 63.4 Å². The average Bonchev–Trinajstić information content (AvgIpc) is 3.56. The molecule has 170 valence electrons. The van der Waals surface area contributed by atoms with Crippen LogP contribution in [0.3, 0.4) is 0 Å². The van der Waals surface area contributed by atoms with Crippen LogP contribution in [0.15, 0.2) is 61.1 Å². The molecule has 0 radical (unpaired) electrons. The molecule has 3 aromatic rings. The number of carbonyl (C=O) groups is 2. The van der Waals surface area contributed by atoms with Crippen molar-refractivity contribution < 1.29 is 9.59 Å². The molecule has 8 nitrogen and oxygen atoms in total. The Labute approximate surface area is 193 Å². The van der Waals surface area contributed by atoms with E-state index in [4.69, 9.17) is 5.10 Å². The molecule has 1 aromatic carbocycles. The summed E-state index contributed by atoms with van der Waals surface area (Å²) in [6.45, 7) is 4.76. The molecule has 0 unspecified atom stereocenters. The largest absolute Gasteiger partial charge is 0.342 e. The van der Waals surface area contributed by atoms with Crippen molar-refractivity contribution in [2.45, 2.75) is 12.8 Å². The van der Waals surface area contributed by atoms with E-state index in [1.54, 1.807) is 17.1 Å². The minimum atomic E-state index is -0.0402. The lowest BCUT2D eigenvalue weighted by Crippen LogP contribution is -2.51. The molecular formula is C25H28N6O2. The van der Waals surface area contributed by atoms with Gasteiger partial charge in [0.15, 0.2) is 0 Å². The number of likely N-dealkylation sites (tertiary alicyclic amines) is 1. The van der Waals surface area contributed by atoms with Gasteiger partial charge in [0.1, 0.15) is 5.69 Å². The maximum Gasteiger partial charge on any atom is 0.257 e. The summed E-state index contributed by atoms with van der Waals surface area (Å²) < 4.78 is 1.75. The second kappa shape index (κ2) is 9.54. The van der Waals surface area contributed by atoms with Crippen LogP contribution in [0, 0.1) is 0 Å². The molecule has 0 N–H and O–H groups in total. The SMILES string of the molecule is O=C(CN1CCN(C(=O)c2cn(-c3ccccc3)nc2-c2cccnc2)CC1)N1CCCC1. The number of aromatic nitrogens is 3. The van der Waals surface area contributed by atoms with Crippen LogP contribution >= 0.6 is 0 Å². The summed E-state index contributed by atoms with van der Waals surface area (Å²) in [7, 11) is 0. The van der Waals surface area contributed by atoms with E-state index in [0.717, 1.165) is 37.2 Å². The van der Waals surface area contributed by atoms with Gasteiger partial charge in [-0.15, -0.1) is 0 Å². The zero-order valence-corrected chi connectivity index (χ0v) is 18.6. The van der Waals surface area contributed by atoms with E-state index >= 15 is 0 Å².